The first kappa shape index (κ1) is 99.5. The molecule has 5 unspecified atom stereocenters. The van der Waals surface area contributed by atoms with Crippen LogP contribution in [0.4, 0.5) is 0 Å². The number of allylic oxidation sites excluding steroid dienone is 20. The summed E-state index contributed by atoms with van der Waals surface area (Å²) in [4.78, 5) is 73.0. The van der Waals surface area contributed by atoms with Crippen LogP contribution in [0, 0.1) is 0 Å². The van der Waals surface area contributed by atoms with Gasteiger partial charge in [0, 0.05) is 25.7 Å². The van der Waals surface area contributed by atoms with E-state index in [0.29, 0.717) is 25.7 Å². The quantitative estimate of drug-likeness (QED) is 0.0169. The van der Waals surface area contributed by atoms with Crippen molar-refractivity contribution in [1.29, 1.82) is 0 Å². The molecule has 0 aliphatic rings. The number of hydrogen-bond donors (Lipinski definition) is 3. The molecule has 5 atom stereocenters. The van der Waals surface area contributed by atoms with E-state index in [1.165, 1.54) is 109 Å². The Morgan fingerprint density at radius 3 is 0.769 bits per heavy atom. The highest BCUT2D eigenvalue weighted by molar-refractivity contribution is 7.47. The molecule has 3 N–H and O–H groups in total. The van der Waals surface area contributed by atoms with Gasteiger partial charge in [-0.1, -0.05) is 316 Å². The average molecular weight is 1500 g/mol. The van der Waals surface area contributed by atoms with Crippen LogP contribution in [0.3, 0.4) is 0 Å². The molecule has 104 heavy (non-hydrogen) atoms. The Bertz CT molecular complexity index is 2440. The molecule has 17 nitrogen and oxygen atoms in total. The van der Waals surface area contributed by atoms with Crippen LogP contribution in [-0.4, -0.2) is 96.7 Å². The third-order valence-electron chi connectivity index (χ3n) is 17.0. The van der Waals surface area contributed by atoms with E-state index in [1.807, 2.05) is 0 Å². The molecule has 0 saturated heterocycles. The molecule has 0 aromatic heterocycles. The van der Waals surface area contributed by atoms with Gasteiger partial charge in [0.2, 0.25) is 0 Å². The van der Waals surface area contributed by atoms with Crippen molar-refractivity contribution in [3.8, 4) is 0 Å². The molecule has 0 amide bonds. The maximum atomic E-state index is 13.1. The summed E-state index contributed by atoms with van der Waals surface area (Å²) in [5.74, 6) is -2.23. The van der Waals surface area contributed by atoms with Gasteiger partial charge in [0.25, 0.3) is 0 Å². The van der Waals surface area contributed by atoms with E-state index in [9.17, 15) is 43.2 Å². The molecule has 0 rings (SSSR count). The topological polar surface area (TPSA) is 237 Å². The molecule has 0 heterocycles. The largest absolute Gasteiger partial charge is 0.472 e. The van der Waals surface area contributed by atoms with Crippen LogP contribution < -0.4 is 0 Å². The number of rotatable bonds is 76. The average Bonchev–Trinajstić information content (AvgIpc) is 0.906. The predicted molar refractivity (Wildman–Crippen MR) is 427 cm³/mol. The number of hydrogen-bond acceptors (Lipinski definition) is 15. The lowest BCUT2D eigenvalue weighted by atomic mass is 10.0. The third kappa shape index (κ3) is 75.7. The van der Waals surface area contributed by atoms with Crippen LogP contribution in [0.1, 0.15) is 336 Å². The summed E-state index contributed by atoms with van der Waals surface area (Å²) in [5.41, 5.74) is 0. The Morgan fingerprint density at radius 1 is 0.279 bits per heavy atom. The Kier molecular flexibility index (Phi) is 73.3. The molecular weight excluding hydrogens is 1350 g/mol. The van der Waals surface area contributed by atoms with Gasteiger partial charge in [0.15, 0.2) is 12.2 Å². The number of carbonyl (C=O) groups is 4. The normalized spacial score (nSPS) is 14.5. The van der Waals surface area contributed by atoms with Gasteiger partial charge < -0.3 is 33.8 Å². The van der Waals surface area contributed by atoms with Crippen LogP contribution in [0.5, 0.6) is 0 Å². The molecular formula is C85H146O17P2. The zero-order valence-corrected chi connectivity index (χ0v) is 67.2. The van der Waals surface area contributed by atoms with Crippen molar-refractivity contribution in [2.45, 2.75) is 354 Å². The van der Waals surface area contributed by atoms with Gasteiger partial charge in [-0.3, -0.25) is 37.3 Å². The number of phosphoric acid groups is 2. The predicted octanol–water partition coefficient (Wildman–Crippen LogP) is 23.9. The molecule has 0 aromatic carbocycles. The minimum absolute atomic E-state index is 0.0459. The maximum Gasteiger partial charge on any atom is 0.472 e. The number of ether oxygens (including phenoxy) is 4. The van der Waals surface area contributed by atoms with E-state index in [-0.39, 0.29) is 25.7 Å². The van der Waals surface area contributed by atoms with Crippen molar-refractivity contribution in [3.63, 3.8) is 0 Å². The fraction of sp³-hybridized carbons (Fsp3) is 0.718. The molecule has 598 valence electrons. The fourth-order valence-electron chi connectivity index (χ4n) is 10.8. The van der Waals surface area contributed by atoms with Crippen LogP contribution in [0.2, 0.25) is 0 Å². The van der Waals surface area contributed by atoms with Crippen molar-refractivity contribution < 1.29 is 80.2 Å². The summed E-state index contributed by atoms with van der Waals surface area (Å²) >= 11 is 0. The smallest absolute Gasteiger partial charge is 0.462 e. The summed E-state index contributed by atoms with van der Waals surface area (Å²) in [7, 11) is -9.97. The van der Waals surface area contributed by atoms with Gasteiger partial charge in [0.05, 0.1) is 26.4 Å². The standard InChI is InChI=1S/C85H146O17P2/c1-5-9-13-17-21-25-29-33-35-37-39-41-43-47-50-54-58-62-66-70-83(88)96-76-81(102-85(90)72-68-64-60-56-52-48-44-42-40-38-36-34-30-26-22-18-14-10-6-2)78-100-104(93,94)98-74-79(86)73-97-103(91,92)99-77-80(101-84(89)71-67-63-59-55-51-46-32-28-24-20-16-12-8-4)75-95-82(87)69-65-61-57-53-49-45-31-27-23-19-15-11-7-3/h9-10,13-14,21-22,25-26,33-36,39-42,47-48,50,52,79-81,86H,5-8,11-12,15-20,23-24,27-32,37-38,43-46,49,51,53-78H2,1-4H3,(H,91,92)(H,93,94)/b13-9-,14-10-,25-21-,26-22-,35-33-,36-34-,41-39-,42-40-,50-47-,52-48-. The number of esters is 4. The monoisotopic (exact) mass is 1500 g/mol. The van der Waals surface area contributed by atoms with Crippen molar-refractivity contribution in [2.75, 3.05) is 39.6 Å². The SMILES string of the molecule is CC/C=C\C/C=C\C/C=C\C/C=C\C/C=C\CCCCCC(=O)OCC(COP(=O)(O)OCC(O)COP(=O)(O)OCC(COC(=O)CCCCCCCCCCCCCCC)OC(=O)CCCCCCCCCCCCCCC)OC(=O)CCCCC/C=C\C/C=C\C/C=C\C/C=C\C/C=C\CC. The molecule has 0 bridgehead atoms. The molecule has 19 heteroatoms. The zero-order valence-electron chi connectivity index (χ0n) is 65.4. The summed E-state index contributed by atoms with van der Waals surface area (Å²) in [6.45, 7) is 4.61. The Labute approximate surface area is 632 Å². The first-order valence-corrected chi connectivity index (χ1v) is 43.8. The molecule has 0 fully saturated rings. The minimum Gasteiger partial charge on any atom is -0.462 e. The first-order valence-electron chi connectivity index (χ1n) is 40.8. The number of unbranched alkanes of at least 4 members (excludes halogenated alkanes) is 30. The van der Waals surface area contributed by atoms with Gasteiger partial charge in [-0.2, -0.15) is 0 Å². The Morgan fingerprint density at radius 2 is 0.500 bits per heavy atom. The van der Waals surface area contributed by atoms with Crippen molar-refractivity contribution in [1.82, 2.24) is 0 Å². The second-order valence-electron chi connectivity index (χ2n) is 27.0. The van der Waals surface area contributed by atoms with E-state index in [1.54, 1.807) is 0 Å². The van der Waals surface area contributed by atoms with E-state index in [0.717, 1.165) is 148 Å². The van der Waals surface area contributed by atoms with Gasteiger partial charge >= 0.3 is 39.5 Å². The first-order chi connectivity index (χ1) is 50.7. The molecule has 0 aliphatic heterocycles. The fourth-order valence-corrected chi connectivity index (χ4v) is 12.4. The summed E-state index contributed by atoms with van der Waals surface area (Å²) < 4.78 is 68.6. The Hall–Kier alpha value is -4.54. The lowest BCUT2D eigenvalue weighted by molar-refractivity contribution is -0.161. The highest BCUT2D eigenvalue weighted by atomic mass is 31.2. The minimum atomic E-state index is -5.00. The number of aliphatic hydroxyl groups excluding tert-OH is 1. The second-order valence-corrected chi connectivity index (χ2v) is 29.9. The van der Waals surface area contributed by atoms with E-state index in [2.05, 4.69) is 149 Å². The summed E-state index contributed by atoms with van der Waals surface area (Å²) in [5, 5.41) is 10.6. The Balaban J connectivity index is 5.42. The zero-order chi connectivity index (χ0) is 76.0. The van der Waals surface area contributed by atoms with Crippen LogP contribution in [0.15, 0.2) is 122 Å². The molecule has 0 radical (unpaired) electrons. The molecule has 0 saturated carbocycles. The van der Waals surface area contributed by atoms with Gasteiger partial charge in [0.1, 0.15) is 19.3 Å². The van der Waals surface area contributed by atoms with Crippen molar-refractivity contribution in [2.24, 2.45) is 0 Å². The number of phosphoric ester groups is 2. The highest BCUT2D eigenvalue weighted by Crippen LogP contribution is 2.45. The lowest BCUT2D eigenvalue weighted by Crippen LogP contribution is -2.30. The summed E-state index contributed by atoms with van der Waals surface area (Å²) in [6, 6.07) is 0. The third-order valence-corrected chi connectivity index (χ3v) is 18.9. The van der Waals surface area contributed by atoms with Crippen LogP contribution in [-0.2, 0) is 65.4 Å². The van der Waals surface area contributed by atoms with Gasteiger partial charge in [-0.05, 0) is 116 Å². The molecule has 0 aliphatic carbocycles. The van der Waals surface area contributed by atoms with Crippen molar-refractivity contribution in [3.05, 3.63) is 122 Å². The molecule has 0 spiro atoms. The second kappa shape index (κ2) is 76.6. The van der Waals surface area contributed by atoms with E-state index in [4.69, 9.17) is 37.0 Å². The van der Waals surface area contributed by atoms with Crippen LogP contribution in [0.25, 0.3) is 0 Å². The molecule has 0 aromatic rings. The van der Waals surface area contributed by atoms with Crippen molar-refractivity contribution >= 4 is 39.5 Å². The van der Waals surface area contributed by atoms with E-state index < -0.39 is 97.5 Å². The highest BCUT2D eigenvalue weighted by Gasteiger charge is 2.30. The lowest BCUT2D eigenvalue weighted by Gasteiger charge is -2.21. The van der Waals surface area contributed by atoms with E-state index >= 15 is 0 Å². The number of carbonyl (C=O) groups excluding carboxylic acids is 4. The summed E-state index contributed by atoms with van der Waals surface area (Å²) in [6.07, 6.45) is 84.6. The maximum absolute atomic E-state index is 13.1. The van der Waals surface area contributed by atoms with Gasteiger partial charge in [-0.25, -0.2) is 9.13 Å². The van der Waals surface area contributed by atoms with Crippen LogP contribution >= 0.6 is 15.6 Å². The number of aliphatic hydroxyl groups is 1. The van der Waals surface area contributed by atoms with Gasteiger partial charge in [-0.15, -0.1) is 0 Å².